The molecule has 0 saturated carbocycles. The molecule has 4 atom stereocenters. The van der Waals surface area contributed by atoms with Crippen molar-refractivity contribution in [2.45, 2.75) is 63.2 Å². The average molecular weight is 501 g/mol. The van der Waals surface area contributed by atoms with Crippen LogP contribution in [0.3, 0.4) is 0 Å². The summed E-state index contributed by atoms with van der Waals surface area (Å²) >= 11 is 0. The van der Waals surface area contributed by atoms with E-state index in [1.54, 1.807) is 6.20 Å². The maximum Gasteiger partial charge on any atom is 0.326 e. The number of nitrogens with two attached hydrogens (primary N) is 1. The van der Waals surface area contributed by atoms with E-state index >= 15 is 0 Å². The molecule has 1 aromatic heterocycles. The van der Waals surface area contributed by atoms with Crippen LogP contribution in [0.4, 0.5) is 0 Å². The highest BCUT2D eigenvalue weighted by atomic mass is 16.4. The van der Waals surface area contributed by atoms with Crippen molar-refractivity contribution in [1.82, 2.24) is 26.3 Å². The molecule has 0 spiro atoms. The first kappa shape index (κ1) is 26.7. The summed E-state index contributed by atoms with van der Waals surface area (Å²) in [7, 11) is 0. The van der Waals surface area contributed by atoms with Gasteiger partial charge in [0.15, 0.2) is 0 Å². The van der Waals surface area contributed by atoms with E-state index in [0.717, 1.165) is 29.4 Å². The Bertz CT molecular complexity index is 1130. The van der Waals surface area contributed by atoms with E-state index in [4.69, 9.17) is 5.73 Å². The van der Waals surface area contributed by atoms with Crippen LogP contribution in [0, 0.1) is 0 Å². The monoisotopic (exact) mass is 500 g/mol. The number of hydrogen-bond acceptors (Lipinski definition) is 6. The fourth-order valence-corrected chi connectivity index (χ4v) is 4.13. The molecule has 3 rings (SSSR count). The van der Waals surface area contributed by atoms with Gasteiger partial charge in [0, 0.05) is 29.9 Å². The number of primary amides is 1. The van der Waals surface area contributed by atoms with E-state index < -0.39 is 47.9 Å². The third-order valence-corrected chi connectivity index (χ3v) is 6.15. The minimum atomic E-state index is -1.33. The van der Waals surface area contributed by atoms with Crippen LogP contribution in [0.15, 0.2) is 30.5 Å². The van der Waals surface area contributed by atoms with Gasteiger partial charge in [0.25, 0.3) is 0 Å². The van der Waals surface area contributed by atoms with Gasteiger partial charge in [-0.05, 0) is 44.4 Å². The van der Waals surface area contributed by atoms with E-state index in [1.165, 1.54) is 6.92 Å². The molecule has 1 fully saturated rings. The average Bonchev–Trinajstić information content (AvgIpc) is 3.51. The lowest BCUT2D eigenvalue weighted by atomic mass is 10.0. The second-order valence-corrected chi connectivity index (χ2v) is 8.91. The van der Waals surface area contributed by atoms with Crippen molar-refractivity contribution in [2.24, 2.45) is 5.73 Å². The Hall–Kier alpha value is -3.93. The van der Waals surface area contributed by atoms with Gasteiger partial charge in [-0.1, -0.05) is 18.2 Å². The van der Waals surface area contributed by atoms with Gasteiger partial charge in [0.2, 0.25) is 23.6 Å². The summed E-state index contributed by atoms with van der Waals surface area (Å²) < 4.78 is 0. The lowest BCUT2D eigenvalue weighted by molar-refractivity contribution is -0.142. The van der Waals surface area contributed by atoms with Gasteiger partial charge in [0.1, 0.15) is 18.1 Å². The number of aromatic amines is 1. The lowest BCUT2D eigenvalue weighted by Crippen LogP contribution is -2.56. The maximum absolute atomic E-state index is 13.2. The molecular formula is C24H32N6O6. The van der Waals surface area contributed by atoms with Crippen LogP contribution in [0.2, 0.25) is 0 Å². The number of carbonyl (C=O) groups excluding carboxylic acids is 4. The van der Waals surface area contributed by atoms with E-state index in [1.807, 2.05) is 24.3 Å². The highest BCUT2D eigenvalue weighted by Crippen LogP contribution is 2.19. The predicted molar refractivity (Wildman–Crippen MR) is 131 cm³/mol. The standard InChI is InChI=1S/C24H32N6O6/c1-13(21(32)29-18(24(35)36)8-9-20(25)31)28-23(34)19(30-22(33)17-7-4-10-26-17)11-14-12-27-16-6-3-2-5-15(14)16/h2-3,5-6,12-13,17-19,26-27H,4,7-11H2,1H3,(H2,25,31)(H,28,34)(H,29,32)(H,30,33)(H,35,36). The van der Waals surface area contributed by atoms with Crippen molar-refractivity contribution in [3.63, 3.8) is 0 Å². The third kappa shape index (κ3) is 7.04. The molecule has 12 heteroatoms. The molecule has 1 aliphatic rings. The Morgan fingerprint density at radius 2 is 1.83 bits per heavy atom. The topological polar surface area (TPSA) is 196 Å². The van der Waals surface area contributed by atoms with Gasteiger partial charge >= 0.3 is 5.97 Å². The van der Waals surface area contributed by atoms with Crippen LogP contribution >= 0.6 is 0 Å². The summed E-state index contributed by atoms with van der Waals surface area (Å²) in [6.07, 6.45) is 3.08. The zero-order chi connectivity index (χ0) is 26.2. The van der Waals surface area contributed by atoms with Gasteiger partial charge in [-0.3, -0.25) is 19.2 Å². The Morgan fingerprint density at radius 3 is 2.50 bits per heavy atom. The lowest BCUT2D eigenvalue weighted by Gasteiger charge is -2.23. The first-order valence-corrected chi connectivity index (χ1v) is 11.9. The van der Waals surface area contributed by atoms with Crippen molar-refractivity contribution >= 4 is 40.5 Å². The van der Waals surface area contributed by atoms with Gasteiger partial charge in [0.05, 0.1) is 6.04 Å². The van der Waals surface area contributed by atoms with E-state index in [0.29, 0.717) is 6.42 Å². The summed E-state index contributed by atoms with van der Waals surface area (Å²) in [4.78, 5) is 64.1. The molecule has 12 nitrogen and oxygen atoms in total. The van der Waals surface area contributed by atoms with Crippen LogP contribution in [-0.2, 0) is 30.4 Å². The van der Waals surface area contributed by atoms with Gasteiger partial charge in [-0.2, -0.15) is 0 Å². The van der Waals surface area contributed by atoms with Crippen LogP contribution in [0.25, 0.3) is 10.9 Å². The zero-order valence-electron chi connectivity index (χ0n) is 20.0. The van der Waals surface area contributed by atoms with Crippen molar-refractivity contribution in [3.05, 3.63) is 36.0 Å². The molecule has 194 valence electrons. The zero-order valence-corrected chi connectivity index (χ0v) is 20.0. The fraction of sp³-hybridized carbons (Fsp3) is 0.458. The second kappa shape index (κ2) is 12.2. The summed E-state index contributed by atoms with van der Waals surface area (Å²) in [5, 5.41) is 21.0. The molecule has 36 heavy (non-hydrogen) atoms. The van der Waals surface area contributed by atoms with Crippen LogP contribution in [0.1, 0.15) is 38.2 Å². The summed E-state index contributed by atoms with van der Waals surface area (Å²) in [5.74, 6) is -3.64. The maximum atomic E-state index is 13.2. The van der Waals surface area contributed by atoms with Crippen LogP contribution in [0.5, 0.6) is 0 Å². The number of benzene rings is 1. The van der Waals surface area contributed by atoms with E-state index in [2.05, 4.69) is 26.3 Å². The number of aromatic nitrogens is 1. The molecule has 8 N–H and O–H groups in total. The minimum absolute atomic E-state index is 0.176. The Kier molecular flexibility index (Phi) is 9.01. The Labute approximate surface area is 207 Å². The van der Waals surface area contributed by atoms with Crippen molar-refractivity contribution < 1.29 is 29.1 Å². The largest absolute Gasteiger partial charge is 0.480 e. The number of fused-ring (bicyclic) bond motifs is 1. The minimum Gasteiger partial charge on any atom is -0.480 e. The number of para-hydroxylation sites is 1. The number of hydrogen-bond donors (Lipinski definition) is 7. The molecule has 0 bridgehead atoms. The van der Waals surface area contributed by atoms with Crippen molar-refractivity contribution in [1.29, 1.82) is 0 Å². The SMILES string of the molecule is CC(NC(=O)C(Cc1c[nH]c2ccccc12)NC(=O)C1CCCN1)C(=O)NC(CCC(N)=O)C(=O)O. The first-order chi connectivity index (χ1) is 17.2. The number of nitrogens with one attached hydrogen (secondary N) is 5. The van der Waals surface area contributed by atoms with E-state index in [-0.39, 0.29) is 25.2 Å². The normalized spacial score (nSPS) is 17.6. The van der Waals surface area contributed by atoms with Crippen LogP contribution < -0.4 is 27.0 Å². The molecule has 2 aromatic rings. The van der Waals surface area contributed by atoms with E-state index in [9.17, 15) is 29.1 Å². The molecule has 4 amide bonds. The molecule has 2 heterocycles. The van der Waals surface area contributed by atoms with Crippen LogP contribution in [-0.4, -0.2) is 70.4 Å². The number of amides is 4. The predicted octanol–water partition coefficient (Wildman–Crippen LogP) is -0.713. The number of carbonyl (C=O) groups is 5. The molecule has 0 radical (unpaired) electrons. The molecule has 4 unspecified atom stereocenters. The summed E-state index contributed by atoms with van der Waals surface area (Å²) in [5.41, 5.74) is 6.77. The first-order valence-electron chi connectivity index (χ1n) is 11.9. The van der Waals surface area contributed by atoms with Crippen molar-refractivity contribution in [3.8, 4) is 0 Å². The Balaban J connectivity index is 1.70. The quantitative estimate of drug-likeness (QED) is 0.200. The summed E-state index contributed by atoms with van der Waals surface area (Å²) in [6.45, 7) is 2.12. The number of H-pyrrole nitrogens is 1. The number of carboxylic acid groups (broad SMARTS) is 1. The molecule has 1 aromatic carbocycles. The van der Waals surface area contributed by atoms with Crippen molar-refractivity contribution in [2.75, 3.05) is 6.54 Å². The number of carboxylic acids is 1. The fourth-order valence-electron chi connectivity index (χ4n) is 4.13. The second-order valence-electron chi connectivity index (χ2n) is 8.91. The van der Waals surface area contributed by atoms with Gasteiger partial charge in [-0.25, -0.2) is 4.79 Å². The third-order valence-electron chi connectivity index (χ3n) is 6.15. The number of rotatable bonds is 12. The molecule has 1 saturated heterocycles. The highest BCUT2D eigenvalue weighted by molar-refractivity contribution is 5.94. The Morgan fingerprint density at radius 1 is 1.08 bits per heavy atom. The highest BCUT2D eigenvalue weighted by Gasteiger charge is 2.30. The van der Waals surface area contributed by atoms with Gasteiger partial charge in [-0.15, -0.1) is 0 Å². The molecule has 0 aliphatic carbocycles. The summed E-state index contributed by atoms with van der Waals surface area (Å²) in [6, 6.07) is 3.76. The number of aliphatic carboxylic acids is 1. The van der Waals surface area contributed by atoms with Gasteiger partial charge < -0.3 is 37.1 Å². The molecule has 1 aliphatic heterocycles. The molecular weight excluding hydrogens is 468 g/mol. The smallest absolute Gasteiger partial charge is 0.326 e.